The van der Waals surface area contributed by atoms with Gasteiger partial charge in [-0.2, -0.15) is 0 Å². The van der Waals surface area contributed by atoms with Crippen molar-refractivity contribution in [2.24, 2.45) is 0 Å². The monoisotopic (exact) mass is 1300 g/mol. The Kier molecular flexibility index (Phi) is 11.5. The third-order valence-electron chi connectivity index (χ3n) is 22.3. The summed E-state index contributed by atoms with van der Waals surface area (Å²) in [5.41, 5.74) is 25.1. The van der Waals surface area contributed by atoms with E-state index < -0.39 is 0 Å². The lowest BCUT2D eigenvalue weighted by Gasteiger charge is -2.21. The van der Waals surface area contributed by atoms with Crippen molar-refractivity contribution in [2.45, 2.75) is 38.5 Å². The van der Waals surface area contributed by atoms with Crippen molar-refractivity contribution in [1.29, 1.82) is 0 Å². The predicted molar refractivity (Wildman–Crippen MR) is 417 cm³/mol. The van der Waals surface area contributed by atoms with E-state index in [2.05, 4.69) is 246 Å². The van der Waals surface area contributed by atoms with Gasteiger partial charge in [-0.25, -0.2) is 24.9 Å². The average Bonchev–Trinajstić information content (AvgIpc) is 1.52. The van der Waals surface area contributed by atoms with Gasteiger partial charge in [0, 0.05) is 113 Å². The van der Waals surface area contributed by atoms with Crippen LogP contribution in [0.2, 0.25) is 0 Å². The fraction of sp³-hybridized carbons (Fsp3) is 0.0652. The van der Waals surface area contributed by atoms with E-state index in [1.807, 2.05) is 49.2 Å². The first-order chi connectivity index (χ1) is 50.1. The molecule has 10 heteroatoms. The van der Waals surface area contributed by atoms with Crippen LogP contribution in [0.5, 0.6) is 0 Å². The SMILES string of the molecule is CC1(C)c2ccccc2-c2cc3c4ccccc4c4cc(-c5ccc(-c6ccc7c8cc(-c9ccc%10c(c9)c9cccnc9c9nc(-c%11cccc(-c%12cnc%13c(c%12)c%12ccccc%12c%12cc%14c(nc%12%13)C(C)(C)c%12ccccc%12-%14)n%11)ccc%109)ccc8c8cccnc8c7n6)nc5)cnc4c3nc21. The minimum absolute atomic E-state index is 0.233. The van der Waals surface area contributed by atoms with Crippen molar-refractivity contribution in [2.75, 3.05) is 0 Å². The van der Waals surface area contributed by atoms with Gasteiger partial charge in [0.05, 0.1) is 84.0 Å². The molecule has 0 atom stereocenters. The molecule has 22 rings (SSSR count). The molecule has 10 nitrogen and oxygen atoms in total. The second-order valence-corrected chi connectivity index (χ2v) is 28.6. The summed E-state index contributed by atoms with van der Waals surface area (Å²) < 4.78 is 0. The summed E-state index contributed by atoms with van der Waals surface area (Å²) in [7, 11) is 0. The van der Waals surface area contributed by atoms with Crippen molar-refractivity contribution in [3.63, 3.8) is 0 Å². The van der Waals surface area contributed by atoms with Crippen LogP contribution in [-0.4, -0.2) is 49.8 Å². The highest BCUT2D eigenvalue weighted by atomic mass is 14.8. The molecule has 0 fully saturated rings. The highest BCUT2D eigenvalue weighted by Gasteiger charge is 2.39. The second-order valence-electron chi connectivity index (χ2n) is 28.6. The quantitative estimate of drug-likeness (QED) is 0.154. The van der Waals surface area contributed by atoms with Crippen LogP contribution < -0.4 is 0 Å². The Balaban J connectivity index is 0.595. The van der Waals surface area contributed by atoms with Gasteiger partial charge in [0.15, 0.2) is 0 Å². The molecule has 0 radical (unpaired) electrons. The minimum Gasteiger partial charge on any atom is -0.254 e. The molecule has 20 aromatic rings. The molecule has 0 aliphatic heterocycles. The Bertz CT molecular complexity index is 7180. The van der Waals surface area contributed by atoms with E-state index in [1.165, 1.54) is 33.4 Å². The Morgan fingerprint density at radius 3 is 1.13 bits per heavy atom. The molecule has 0 unspecified atom stereocenters. The van der Waals surface area contributed by atoms with Crippen LogP contribution in [0.4, 0.5) is 0 Å². The minimum atomic E-state index is -0.241. The van der Waals surface area contributed by atoms with Gasteiger partial charge >= 0.3 is 0 Å². The summed E-state index contributed by atoms with van der Waals surface area (Å²) in [5, 5.41) is 17.4. The zero-order valence-electron chi connectivity index (χ0n) is 55.9. The summed E-state index contributed by atoms with van der Waals surface area (Å²) in [6.07, 6.45) is 9.56. The van der Waals surface area contributed by atoms with Crippen LogP contribution in [0.1, 0.15) is 50.2 Å². The lowest BCUT2D eigenvalue weighted by molar-refractivity contribution is 0.640. The van der Waals surface area contributed by atoms with Crippen LogP contribution >= 0.6 is 0 Å². The maximum Gasteiger partial charge on any atom is 0.0979 e. The lowest BCUT2D eigenvalue weighted by Crippen LogP contribution is -2.16. The van der Waals surface area contributed by atoms with Crippen LogP contribution in [0.25, 0.3) is 209 Å². The molecule has 474 valence electrons. The van der Waals surface area contributed by atoms with Gasteiger partial charge in [-0.3, -0.25) is 24.9 Å². The van der Waals surface area contributed by atoms with Gasteiger partial charge in [0.1, 0.15) is 0 Å². The summed E-state index contributed by atoms with van der Waals surface area (Å²) >= 11 is 0. The first kappa shape index (κ1) is 56.8. The fourth-order valence-corrected chi connectivity index (χ4v) is 17.3. The molecule has 2 aliphatic rings. The number of fused-ring (bicyclic) bond motifs is 30. The predicted octanol–water partition coefficient (Wildman–Crippen LogP) is 22.4. The largest absolute Gasteiger partial charge is 0.254 e. The van der Waals surface area contributed by atoms with E-state index in [-0.39, 0.29) is 10.8 Å². The molecule has 0 saturated heterocycles. The third-order valence-corrected chi connectivity index (χ3v) is 22.3. The molecular weight excluding hydrogens is 1250 g/mol. The molecule has 10 aromatic heterocycles. The van der Waals surface area contributed by atoms with Crippen molar-refractivity contribution in [1.82, 2.24) is 49.8 Å². The van der Waals surface area contributed by atoms with Crippen molar-refractivity contribution < 1.29 is 0 Å². The van der Waals surface area contributed by atoms with Crippen LogP contribution in [0, 0.1) is 0 Å². The molecule has 0 spiro atoms. The van der Waals surface area contributed by atoms with Gasteiger partial charge < -0.3 is 0 Å². The summed E-state index contributed by atoms with van der Waals surface area (Å²) in [5.74, 6) is 0. The standard InChI is InChI=1S/C92H56N10/c1-91(2)74-24-11-9-20-60(74)72-44-70-56-18-7-5-16-54(56)68-42-52(47-96-83(68)87(70)101-89(72)91)51-30-35-77(95-46-51)79-36-34-65-67-41-50(28-31-58(67)62-22-14-38-93-81(62)86(65)99-79)49-29-32-59-64-33-37-80(100-85(64)82-63(66(59)40-49)23-15-39-94-82)78-27-13-26-76(98-78)53-43-69-55-17-6-8-19-57(55)71-45-73-61-21-10-12-25-75(61)92(3,4)90(73)102-88(71)84(69)97-48-53/h5-48H,1-4H3. The maximum absolute atomic E-state index is 5.51. The summed E-state index contributed by atoms with van der Waals surface area (Å²) in [6.45, 7) is 9.11. The Morgan fingerprint density at radius 1 is 0.206 bits per heavy atom. The highest BCUT2D eigenvalue weighted by Crippen LogP contribution is 2.52. The highest BCUT2D eigenvalue weighted by molar-refractivity contribution is 6.28. The smallest absolute Gasteiger partial charge is 0.0979 e. The Morgan fingerprint density at radius 2 is 0.578 bits per heavy atom. The van der Waals surface area contributed by atoms with E-state index in [0.29, 0.717) is 0 Å². The van der Waals surface area contributed by atoms with Gasteiger partial charge in [0.25, 0.3) is 0 Å². The first-order valence-corrected chi connectivity index (χ1v) is 34.7. The van der Waals surface area contributed by atoms with Crippen molar-refractivity contribution in [3.8, 4) is 78.5 Å². The molecule has 102 heavy (non-hydrogen) atoms. The molecule has 0 saturated carbocycles. The second kappa shape index (κ2) is 20.7. The summed E-state index contributed by atoms with van der Waals surface area (Å²) in [4.78, 5) is 52.7. The van der Waals surface area contributed by atoms with Crippen LogP contribution in [0.15, 0.2) is 268 Å². The van der Waals surface area contributed by atoms with Crippen LogP contribution in [-0.2, 0) is 10.8 Å². The number of pyridine rings is 10. The maximum atomic E-state index is 5.51. The first-order valence-electron chi connectivity index (χ1n) is 34.7. The normalized spacial score (nSPS) is 13.6. The zero-order valence-corrected chi connectivity index (χ0v) is 55.9. The molecule has 2 aliphatic carbocycles. The fourth-order valence-electron chi connectivity index (χ4n) is 17.3. The number of hydrogen-bond donors (Lipinski definition) is 0. The van der Waals surface area contributed by atoms with E-state index in [4.69, 9.17) is 49.8 Å². The molecule has 0 N–H and O–H groups in total. The van der Waals surface area contributed by atoms with Crippen molar-refractivity contribution >= 4 is 130 Å². The lowest BCUT2D eigenvalue weighted by atomic mass is 9.85. The Hall–Kier alpha value is -13.2. The van der Waals surface area contributed by atoms with E-state index in [1.54, 1.807) is 0 Å². The third kappa shape index (κ3) is 7.99. The van der Waals surface area contributed by atoms with Gasteiger partial charge in [0.2, 0.25) is 0 Å². The van der Waals surface area contributed by atoms with Gasteiger partial charge in [-0.15, -0.1) is 0 Å². The Labute approximate surface area is 583 Å². The number of benzene rings is 10. The number of hydrogen-bond acceptors (Lipinski definition) is 10. The molecule has 10 aromatic carbocycles. The molecular formula is C92H56N10. The number of aromatic nitrogens is 10. The van der Waals surface area contributed by atoms with E-state index in [9.17, 15) is 0 Å². The van der Waals surface area contributed by atoms with Crippen LogP contribution in [0.3, 0.4) is 0 Å². The average molecular weight is 1300 g/mol. The molecule has 0 bridgehead atoms. The zero-order chi connectivity index (χ0) is 67.4. The van der Waals surface area contributed by atoms with E-state index in [0.717, 1.165) is 198 Å². The molecule has 10 heterocycles. The number of rotatable bonds is 5. The summed E-state index contributed by atoms with van der Waals surface area (Å²) in [6, 6.07) is 84.6. The molecule has 0 amide bonds. The van der Waals surface area contributed by atoms with Gasteiger partial charge in [-0.1, -0.05) is 173 Å². The number of nitrogens with zero attached hydrogens (tertiary/aromatic N) is 10. The van der Waals surface area contributed by atoms with Gasteiger partial charge in [-0.05, 0) is 167 Å². The van der Waals surface area contributed by atoms with E-state index >= 15 is 0 Å². The topological polar surface area (TPSA) is 129 Å². The van der Waals surface area contributed by atoms with Crippen molar-refractivity contribution in [3.05, 3.63) is 290 Å².